The highest BCUT2D eigenvalue weighted by Crippen LogP contribution is 2.22. The van der Waals surface area contributed by atoms with E-state index in [1.54, 1.807) is 0 Å². The maximum atomic E-state index is 12.5. The molecule has 0 unspecified atom stereocenters. The average molecular weight is 316 g/mol. The lowest BCUT2D eigenvalue weighted by atomic mass is 10.1. The van der Waals surface area contributed by atoms with Crippen LogP contribution in [0.2, 0.25) is 0 Å². The highest BCUT2D eigenvalue weighted by Gasteiger charge is 2.29. The molecule has 118 valence electrons. The Hall–Kier alpha value is -1.26. The summed E-state index contributed by atoms with van der Waals surface area (Å²) in [5, 5.41) is 8.72. The van der Waals surface area contributed by atoms with Gasteiger partial charge in [0.2, 0.25) is 10.0 Å². The predicted octanol–water partition coefficient (Wildman–Crippen LogP) is -0.471. The van der Waals surface area contributed by atoms with E-state index in [1.165, 1.54) is 22.6 Å². The van der Waals surface area contributed by atoms with Crippen LogP contribution in [-0.2, 0) is 14.8 Å². The molecule has 2 heterocycles. The van der Waals surface area contributed by atoms with E-state index >= 15 is 0 Å². The fourth-order valence-electron chi connectivity index (χ4n) is 2.23. The van der Waals surface area contributed by atoms with Crippen LogP contribution in [0.15, 0.2) is 23.2 Å². The van der Waals surface area contributed by atoms with E-state index in [0.717, 1.165) is 0 Å². The fraction of sp³-hybridized carbons (Fsp3) is 0.583. The van der Waals surface area contributed by atoms with Crippen LogP contribution in [0, 0.1) is 0 Å². The molecule has 21 heavy (non-hydrogen) atoms. The molecule has 1 aromatic rings. The van der Waals surface area contributed by atoms with Crippen molar-refractivity contribution in [3.63, 3.8) is 0 Å². The number of rotatable bonds is 6. The quantitative estimate of drug-likeness (QED) is 0.479. The lowest BCUT2D eigenvalue weighted by molar-refractivity contribution is 0.00318. The van der Waals surface area contributed by atoms with Crippen molar-refractivity contribution in [2.75, 3.05) is 31.7 Å². The van der Waals surface area contributed by atoms with Crippen molar-refractivity contribution in [3.05, 3.63) is 18.3 Å². The molecular formula is C12H20N4O4S. The summed E-state index contributed by atoms with van der Waals surface area (Å²) in [6.07, 6.45) is 2.54. The van der Waals surface area contributed by atoms with Crippen molar-refractivity contribution in [2.24, 2.45) is 5.84 Å². The van der Waals surface area contributed by atoms with Gasteiger partial charge in [-0.15, -0.1) is 0 Å². The maximum Gasteiger partial charge on any atom is 0.244 e. The van der Waals surface area contributed by atoms with Crippen molar-refractivity contribution in [2.45, 2.75) is 23.8 Å². The zero-order valence-electron chi connectivity index (χ0n) is 11.6. The van der Waals surface area contributed by atoms with Gasteiger partial charge in [0.1, 0.15) is 10.7 Å². The Labute approximate surface area is 123 Å². The zero-order valence-corrected chi connectivity index (χ0v) is 12.4. The van der Waals surface area contributed by atoms with E-state index in [0.29, 0.717) is 31.7 Å². The third kappa shape index (κ3) is 3.89. The lowest BCUT2D eigenvalue weighted by Gasteiger charge is -2.31. The Kier molecular flexibility index (Phi) is 5.48. The van der Waals surface area contributed by atoms with E-state index < -0.39 is 10.0 Å². The SMILES string of the molecule is NNc1ccc(S(=O)(=O)N2CCC(OCCO)CC2)cn1. The molecule has 8 nitrogen and oxygen atoms in total. The number of aromatic nitrogens is 1. The molecule has 1 saturated heterocycles. The fourth-order valence-corrected chi connectivity index (χ4v) is 3.64. The first kappa shape index (κ1) is 16.1. The van der Waals surface area contributed by atoms with Crippen molar-refractivity contribution < 1.29 is 18.3 Å². The molecule has 1 fully saturated rings. The summed E-state index contributed by atoms with van der Waals surface area (Å²) in [4.78, 5) is 4.07. The topological polar surface area (TPSA) is 118 Å². The Morgan fingerprint density at radius 1 is 1.43 bits per heavy atom. The van der Waals surface area contributed by atoms with Crippen LogP contribution in [0.5, 0.6) is 0 Å². The van der Waals surface area contributed by atoms with E-state index in [9.17, 15) is 8.42 Å². The van der Waals surface area contributed by atoms with Crippen LogP contribution >= 0.6 is 0 Å². The van der Waals surface area contributed by atoms with Crippen LogP contribution in [-0.4, -0.2) is 55.2 Å². The first-order valence-corrected chi connectivity index (χ1v) is 8.17. The molecule has 1 aromatic heterocycles. The van der Waals surface area contributed by atoms with Gasteiger partial charge in [-0.05, 0) is 25.0 Å². The minimum atomic E-state index is -3.53. The molecule has 4 N–H and O–H groups in total. The molecule has 0 aromatic carbocycles. The second kappa shape index (κ2) is 7.14. The summed E-state index contributed by atoms with van der Waals surface area (Å²) in [5.41, 5.74) is 2.35. The number of ether oxygens (including phenoxy) is 1. The van der Waals surface area contributed by atoms with Gasteiger partial charge in [0.25, 0.3) is 0 Å². The largest absolute Gasteiger partial charge is 0.394 e. The van der Waals surface area contributed by atoms with Crippen molar-refractivity contribution in [3.8, 4) is 0 Å². The number of hydrogen-bond acceptors (Lipinski definition) is 7. The summed E-state index contributed by atoms with van der Waals surface area (Å²) in [5.74, 6) is 5.61. The van der Waals surface area contributed by atoms with Crippen molar-refractivity contribution >= 4 is 15.8 Å². The molecule has 0 bridgehead atoms. The second-order valence-electron chi connectivity index (χ2n) is 4.72. The number of nitrogen functional groups attached to an aromatic ring is 1. The third-order valence-corrected chi connectivity index (χ3v) is 5.25. The molecule has 0 atom stereocenters. The summed E-state index contributed by atoms with van der Waals surface area (Å²) < 4.78 is 31.8. The van der Waals surface area contributed by atoms with E-state index in [4.69, 9.17) is 15.7 Å². The van der Waals surface area contributed by atoms with Crippen LogP contribution in [0.1, 0.15) is 12.8 Å². The van der Waals surface area contributed by atoms with Crippen LogP contribution in [0.3, 0.4) is 0 Å². The number of hydrogen-bond donors (Lipinski definition) is 3. The van der Waals surface area contributed by atoms with E-state index in [1.807, 2.05) is 0 Å². The van der Waals surface area contributed by atoms with Crippen molar-refractivity contribution in [1.29, 1.82) is 0 Å². The number of sulfonamides is 1. The number of aliphatic hydroxyl groups is 1. The van der Waals surface area contributed by atoms with Gasteiger partial charge in [0.15, 0.2) is 0 Å². The van der Waals surface area contributed by atoms with E-state index in [-0.39, 0.29) is 24.2 Å². The van der Waals surface area contributed by atoms with Gasteiger partial charge in [-0.25, -0.2) is 19.2 Å². The summed E-state index contributed by atoms with van der Waals surface area (Å²) in [6, 6.07) is 3.00. The lowest BCUT2D eigenvalue weighted by Crippen LogP contribution is -2.41. The molecule has 0 spiro atoms. The van der Waals surface area contributed by atoms with Crippen LogP contribution < -0.4 is 11.3 Å². The molecule has 0 aliphatic carbocycles. The molecule has 2 rings (SSSR count). The Morgan fingerprint density at radius 3 is 2.67 bits per heavy atom. The molecule has 1 aliphatic rings. The van der Waals surface area contributed by atoms with Gasteiger partial charge in [-0.1, -0.05) is 0 Å². The van der Waals surface area contributed by atoms with Gasteiger partial charge in [0.05, 0.1) is 19.3 Å². The monoisotopic (exact) mass is 316 g/mol. The van der Waals surface area contributed by atoms with Crippen LogP contribution in [0.4, 0.5) is 5.82 Å². The van der Waals surface area contributed by atoms with Gasteiger partial charge in [-0.3, -0.25) is 0 Å². The normalized spacial score (nSPS) is 17.8. The van der Waals surface area contributed by atoms with Gasteiger partial charge in [0, 0.05) is 19.3 Å². The Morgan fingerprint density at radius 2 is 2.14 bits per heavy atom. The Balaban J connectivity index is 2.00. The number of pyridine rings is 1. The van der Waals surface area contributed by atoms with Gasteiger partial charge < -0.3 is 15.3 Å². The number of piperidine rings is 1. The number of anilines is 1. The summed E-state index contributed by atoms with van der Waals surface area (Å²) in [6.45, 7) is 1.06. The summed E-state index contributed by atoms with van der Waals surface area (Å²) in [7, 11) is -3.53. The highest BCUT2D eigenvalue weighted by atomic mass is 32.2. The first-order chi connectivity index (χ1) is 10.1. The maximum absolute atomic E-state index is 12.5. The van der Waals surface area contributed by atoms with Gasteiger partial charge in [-0.2, -0.15) is 4.31 Å². The minimum absolute atomic E-state index is 0.00513. The molecule has 0 saturated carbocycles. The number of aliphatic hydroxyl groups excluding tert-OH is 1. The molecule has 0 radical (unpaired) electrons. The molecule has 0 amide bonds. The van der Waals surface area contributed by atoms with E-state index in [2.05, 4.69) is 10.4 Å². The standard InChI is InChI=1S/C12H20N4O4S/c13-15-12-2-1-11(9-14-12)21(18,19)16-5-3-10(4-6-16)20-8-7-17/h1-2,9-10,17H,3-8,13H2,(H,14,15). The highest BCUT2D eigenvalue weighted by molar-refractivity contribution is 7.89. The smallest absolute Gasteiger partial charge is 0.244 e. The molecule has 9 heteroatoms. The predicted molar refractivity (Wildman–Crippen MR) is 76.9 cm³/mol. The molecular weight excluding hydrogens is 296 g/mol. The third-order valence-electron chi connectivity index (χ3n) is 3.37. The van der Waals surface area contributed by atoms with Gasteiger partial charge >= 0.3 is 0 Å². The van der Waals surface area contributed by atoms with Crippen LogP contribution in [0.25, 0.3) is 0 Å². The number of nitrogens with two attached hydrogens (primary N) is 1. The zero-order chi connectivity index (χ0) is 15.3. The number of nitrogens with zero attached hydrogens (tertiary/aromatic N) is 2. The second-order valence-corrected chi connectivity index (χ2v) is 6.66. The number of hydrazine groups is 1. The molecule has 1 aliphatic heterocycles. The average Bonchev–Trinajstić information content (AvgIpc) is 2.53. The summed E-state index contributed by atoms with van der Waals surface area (Å²) >= 11 is 0. The number of nitrogens with one attached hydrogen (secondary N) is 1. The Bertz CT molecular complexity index is 541. The first-order valence-electron chi connectivity index (χ1n) is 6.73. The minimum Gasteiger partial charge on any atom is -0.394 e. The van der Waals surface area contributed by atoms with Crippen molar-refractivity contribution in [1.82, 2.24) is 9.29 Å².